The van der Waals surface area contributed by atoms with E-state index in [1.165, 1.54) is 6.42 Å². The summed E-state index contributed by atoms with van der Waals surface area (Å²) in [6, 6.07) is 13.8. The number of anilines is 1. The Labute approximate surface area is 193 Å². The number of para-hydroxylation sites is 1. The first-order valence-corrected chi connectivity index (χ1v) is 12.0. The Bertz CT molecular complexity index is 974. The van der Waals surface area contributed by atoms with Gasteiger partial charge in [-0.25, -0.2) is 0 Å². The largest absolute Gasteiger partial charge is 0.493 e. The number of fused-ring (bicyclic) bond motifs is 1. The Balaban J connectivity index is 1.56. The average Bonchev–Trinajstić information content (AvgIpc) is 2.95. The summed E-state index contributed by atoms with van der Waals surface area (Å²) < 4.78 is 10.8. The Morgan fingerprint density at radius 2 is 1.81 bits per heavy atom. The maximum atomic E-state index is 13.3. The number of carbonyl (C=O) groups is 2. The molecule has 7 heteroatoms. The Kier molecular flexibility index (Phi) is 7.25. The number of carbonyl (C=O) groups excluding carboxylic acids is 2. The van der Waals surface area contributed by atoms with Crippen LogP contribution in [0.5, 0.6) is 11.5 Å². The van der Waals surface area contributed by atoms with E-state index in [1.54, 1.807) is 30.9 Å². The summed E-state index contributed by atoms with van der Waals surface area (Å²) in [4.78, 5) is 28.8. The van der Waals surface area contributed by atoms with Crippen molar-refractivity contribution in [2.24, 2.45) is 0 Å². The molecule has 1 heterocycles. The second kappa shape index (κ2) is 10.3. The molecule has 2 amide bonds. The van der Waals surface area contributed by atoms with E-state index in [9.17, 15) is 9.59 Å². The lowest BCUT2D eigenvalue weighted by atomic mass is 9.95. The number of benzene rings is 2. The lowest BCUT2D eigenvalue weighted by Gasteiger charge is -2.26. The summed E-state index contributed by atoms with van der Waals surface area (Å²) in [5, 5.41) is 3.05. The fourth-order valence-electron chi connectivity index (χ4n) is 4.45. The topological polar surface area (TPSA) is 67.9 Å². The van der Waals surface area contributed by atoms with Crippen molar-refractivity contribution in [3.63, 3.8) is 0 Å². The van der Waals surface area contributed by atoms with E-state index in [2.05, 4.69) is 5.32 Å². The molecular formula is C25H30N2O4S. The molecule has 1 fully saturated rings. The molecule has 0 aromatic heterocycles. The minimum atomic E-state index is -0.0883. The van der Waals surface area contributed by atoms with Crippen LogP contribution in [0.25, 0.3) is 0 Å². The van der Waals surface area contributed by atoms with E-state index < -0.39 is 0 Å². The number of nitrogens with one attached hydrogen (secondary N) is 1. The van der Waals surface area contributed by atoms with Crippen LogP contribution in [0, 0.1) is 0 Å². The predicted molar refractivity (Wildman–Crippen MR) is 127 cm³/mol. The molecule has 0 spiro atoms. The lowest BCUT2D eigenvalue weighted by Crippen LogP contribution is -2.45. The van der Waals surface area contributed by atoms with Crippen LogP contribution in [-0.2, 0) is 9.59 Å². The maximum absolute atomic E-state index is 13.3. The molecular weight excluding hydrogens is 424 g/mol. The number of thioether (sulfide) groups is 1. The zero-order valence-corrected chi connectivity index (χ0v) is 19.5. The number of hydrogen-bond acceptors (Lipinski definition) is 5. The SMILES string of the molecule is COc1ccc(C2CC(=O)N(CC(=O)NC3CCCCC3)c3ccccc3S2)cc1OC. The molecule has 1 saturated carbocycles. The molecule has 1 N–H and O–H groups in total. The summed E-state index contributed by atoms with van der Waals surface area (Å²) >= 11 is 1.64. The number of amides is 2. The highest BCUT2D eigenvalue weighted by Gasteiger charge is 2.31. The highest BCUT2D eigenvalue weighted by molar-refractivity contribution is 7.99. The summed E-state index contributed by atoms with van der Waals surface area (Å²) in [5.41, 5.74) is 1.79. The van der Waals surface area contributed by atoms with Crippen LogP contribution in [-0.4, -0.2) is 38.6 Å². The van der Waals surface area contributed by atoms with E-state index in [-0.39, 0.29) is 29.7 Å². The molecule has 2 aliphatic rings. The third kappa shape index (κ3) is 5.04. The average molecular weight is 455 g/mol. The van der Waals surface area contributed by atoms with Crippen molar-refractivity contribution in [2.75, 3.05) is 25.7 Å². The van der Waals surface area contributed by atoms with Gasteiger partial charge in [0.15, 0.2) is 11.5 Å². The minimum Gasteiger partial charge on any atom is -0.493 e. The van der Waals surface area contributed by atoms with Crippen molar-refractivity contribution >= 4 is 29.3 Å². The van der Waals surface area contributed by atoms with Gasteiger partial charge < -0.3 is 19.7 Å². The van der Waals surface area contributed by atoms with Crippen LogP contribution in [0.2, 0.25) is 0 Å². The monoisotopic (exact) mass is 454 g/mol. The zero-order chi connectivity index (χ0) is 22.5. The van der Waals surface area contributed by atoms with Gasteiger partial charge in [0.2, 0.25) is 11.8 Å². The Morgan fingerprint density at radius 3 is 2.56 bits per heavy atom. The minimum absolute atomic E-state index is 0.0472. The van der Waals surface area contributed by atoms with E-state index in [0.29, 0.717) is 17.9 Å². The van der Waals surface area contributed by atoms with Crippen molar-refractivity contribution in [3.05, 3.63) is 48.0 Å². The summed E-state index contributed by atoms with van der Waals surface area (Å²) in [7, 11) is 3.21. The van der Waals surface area contributed by atoms with Crippen LogP contribution in [0.3, 0.4) is 0 Å². The van der Waals surface area contributed by atoms with Gasteiger partial charge in [-0.1, -0.05) is 37.5 Å². The molecule has 32 heavy (non-hydrogen) atoms. The molecule has 0 bridgehead atoms. The fourth-order valence-corrected chi connectivity index (χ4v) is 5.73. The van der Waals surface area contributed by atoms with Crippen molar-refractivity contribution in [1.82, 2.24) is 5.32 Å². The van der Waals surface area contributed by atoms with Crippen molar-refractivity contribution in [2.45, 2.75) is 54.7 Å². The molecule has 0 saturated heterocycles. The predicted octanol–water partition coefficient (Wildman–Crippen LogP) is 4.72. The van der Waals surface area contributed by atoms with Crippen LogP contribution in [0.1, 0.15) is 49.3 Å². The number of nitrogens with zero attached hydrogens (tertiary/aromatic N) is 1. The highest BCUT2D eigenvalue weighted by Crippen LogP contribution is 2.46. The highest BCUT2D eigenvalue weighted by atomic mass is 32.2. The number of methoxy groups -OCH3 is 2. The van der Waals surface area contributed by atoms with E-state index in [4.69, 9.17) is 9.47 Å². The first-order chi connectivity index (χ1) is 15.6. The number of hydrogen-bond donors (Lipinski definition) is 1. The summed E-state index contributed by atoms with van der Waals surface area (Å²) in [6.07, 6.45) is 5.88. The van der Waals surface area contributed by atoms with E-state index in [0.717, 1.165) is 41.8 Å². The van der Waals surface area contributed by atoms with Gasteiger partial charge in [0, 0.05) is 22.6 Å². The van der Waals surface area contributed by atoms with Gasteiger partial charge in [0.05, 0.1) is 19.9 Å². The van der Waals surface area contributed by atoms with Gasteiger partial charge in [-0.3, -0.25) is 9.59 Å². The standard InChI is InChI=1S/C25H30N2O4S/c1-30-20-13-12-17(14-21(20)31-2)23-15-25(29)27(19-10-6-7-11-22(19)32-23)16-24(28)26-18-8-4-3-5-9-18/h6-7,10-14,18,23H,3-5,8-9,15-16H2,1-2H3,(H,26,28). The van der Waals surface area contributed by atoms with Gasteiger partial charge >= 0.3 is 0 Å². The third-order valence-electron chi connectivity index (χ3n) is 6.14. The molecule has 170 valence electrons. The Hall–Kier alpha value is -2.67. The molecule has 1 aliphatic carbocycles. The molecule has 2 aromatic rings. The van der Waals surface area contributed by atoms with Crippen LogP contribution in [0.4, 0.5) is 5.69 Å². The molecule has 1 aliphatic heterocycles. The first-order valence-electron chi connectivity index (χ1n) is 11.2. The smallest absolute Gasteiger partial charge is 0.240 e. The molecule has 1 atom stereocenters. The van der Waals surface area contributed by atoms with Gasteiger partial charge in [0.1, 0.15) is 6.54 Å². The summed E-state index contributed by atoms with van der Waals surface area (Å²) in [6.45, 7) is 0.0472. The molecule has 4 rings (SSSR count). The number of ether oxygens (including phenoxy) is 2. The number of rotatable bonds is 6. The van der Waals surface area contributed by atoms with Crippen LogP contribution >= 0.6 is 11.8 Å². The lowest BCUT2D eigenvalue weighted by molar-refractivity contribution is -0.124. The first kappa shape index (κ1) is 22.5. The molecule has 0 radical (unpaired) electrons. The Morgan fingerprint density at radius 1 is 1.06 bits per heavy atom. The van der Waals surface area contributed by atoms with Crippen molar-refractivity contribution in [1.29, 1.82) is 0 Å². The fraction of sp³-hybridized carbons (Fsp3) is 0.440. The van der Waals surface area contributed by atoms with Crippen LogP contribution < -0.4 is 19.7 Å². The van der Waals surface area contributed by atoms with Gasteiger partial charge in [-0.15, -0.1) is 11.8 Å². The van der Waals surface area contributed by atoms with Gasteiger partial charge in [-0.2, -0.15) is 0 Å². The second-order valence-electron chi connectivity index (χ2n) is 8.28. The molecule has 2 aromatic carbocycles. The third-order valence-corrected chi connectivity index (χ3v) is 7.46. The van der Waals surface area contributed by atoms with Gasteiger partial charge in [0.25, 0.3) is 0 Å². The molecule has 1 unspecified atom stereocenters. The maximum Gasteiger partial charge on any atom is 0.240 e. The second-order valence-corrected chi connectivity index (χ2v) is 9.52. The van der Waals surface area contributed by atoms with Crippen molar-refractivity contribution < 1.29 is 19.1 Å². The van der Waals surface area contributed by atoms with Crippen molar-refractivity contribution in [3.8, 4) is 11.5 Å². The normalized spacial score (nSPS) is 19.1. The quantitative estimate of drug-likeness (QED) is 0.684. The van der Waals surface area contributed by atoms with Crippen LogP contribution in [0.15, 0.2) is 47.4 Å². The van der Waals surface area contributed by atoms with E-state index >= 15 is 0 Å². The van der Waals surface area contributed by atoms with Gasteiger partial charge in [-0.05, 0) is 42.7 Å². The van der Waals surface area contributed by atoms with E-state index in [1.807, 2.05) is 42.5 Å². The molecule has 6 nitrogen and oxygen atoms in total. The zero-order valence-electron chi connectivity index (χ0n) is 18.6. The summed E-state index contributed by atoms with van der Waals surface area (Å²) in [5.74, 6) is 1.15.